The van der Waals surface area contributed by atoms with Crippen molar-refractivity contribution in [3.63, 3.8) is 0 Å². The van der Waals surface area contributed by atoms with Gasteiger partial charge in [-0.25, -0.2) is 4.98 Å². The Morgan fingerprint density at radius 1 is 1.33 bits per heavy atom. The van der Waals surface area contributed by atoms with Crippen LogP contribution in [0.3, 0.4) is 0 Å². The molecule has 1 aromatic heterocycles. The van der Waals surface area contributed by atoms with Crippen molar-refractivity contribution < 1.29 is 0 Å². The first-order chi connectivity index (χ1) is 8.54. The van der Waals surface area contributed by atoms with Gasteiger partial charge >= 0.3 is 0 Å². The molecule has 0 bridgehead atoms. The Labute approximate surface area is 120 Å². The summed E-state index contributed by atoms with van der Waals surface area (Å²) in [7, 11) is 0. The molecule has 0 atom stereocenters. The van der Waals surface area contributed by atoms with Crippen LogP contribution in [-0.2, 0) is 0 Å². The Hall–Kier alpha value is -1.46. The third-order valence-electron chi connectivity index (χ3n) is 2.36. The van der Waals surface area contributed by atoms with Gasteiger partial charge in [-0.15, -0.1) is 0 Å². The maximum absolute atomic E-state index is 5.59. The van der Waals surface area contributed by atoms with Gasteiger partial charge in [0.15, 0.2) is 0 Å². The van der Waals surface area contributed by atoms with Crippen LogP contribution in [-0.4, -0.2) is 9.97 Å². The second kappa shape index (κ2) is 5.46. The van der Waals surface area contributed by atoms with E-state index >= 15 is 0 Å². The lowest BCUT2D eigenvalue weighted by Gasteiger charge is -2.08. The minimum absolute atomic E-state index is 0.367. The summed E-state index contributed by atoms with van der Waals surface area (Å²) in [5, 5.41) is 3.22. The van der Waals surface area contributed by atoms with E-state index in [4.69, 9.17) is 18.0 Å². The number of nitrogens with two attached hydrogens (primary N) is 1. The van der Waals surface area contributed by atoms with E-state index < -0.39 is 0 Å². The average molecular weight is 322 g/mol. The first-order valence-electron chi connectivity index (χ1n) is 5.34. The van der Waals surface area contributed by atoms with Crippen molar-refractivity contribution in [3.8, 4) is 0 Å². The average Bonchev–Trinajstić information content (AvgIpc) is 2.27. The zero-order valence-electron chi connectivity index (χ0n) is 9.77. The van der Waals surface area contributed by atoms with Gasteiger partial charge in [-0.2, -0.15) is 0 Å². The SMILES string of the molecule is Cc1cc(Br)cc(Nc2cc(C(N)=S)ccn2)c1. The van der Waals surface area contributed by atoms with Crippen LogP contribution in [0.2, 0.25) is 0 Å². The molecule has 2 rings (SSSR count). The van der Waals surface area contributed by atoms with E-state index in [-0.39, 0.29) is 0 Å². The molecule has 0 aliphatic carbocycles. The fraction of sp³-hybridized carbons (Fsp3) is 0.0769. The number of nitrogens with zero attached hydrogens (tertiary/aromatic N) is 1. The highest BCUT2D eigenvalue weighted by molar-refractivity contribution is 9.10. The summed E-state index contributed by atoms with van der Waals surface area (Å²) in [5.74, 6) is 0.720. The van der Waals surface area contributed by atoms with Crippen molar-refractivity contribution in [2.45, 2.75) is 6.92 Å². The third-order valence-corrected chi connectivity index (χ3v) is 3.05. The Kier molecular flexibility index (Phi) is 3.93. The number of benzene rings is 1. The van der Waals surface area contributed by atoms with E-state index in [9.17, 15) is 0 Å². The number of hydrogen-bond donors (Lipinski definition) is 2. The maximum atomic E-state index is 5.59. The van der Waals surface area contributed by atoms with Crippen LogP contribution < -0.4 is 11.1 Å². The molecule has 0 fully saturated rings. The molecule has 3 nitrogen and oxygen atoms in total. The summed E-state index contributed by atoms with van der Waals surface area (Å²) >= 11 is 8.41. The van der Waals surface area contributed by atoms with Crippen molar-refractivity contribution in [3.05, 3.63) is 52.1 Å². The molecule has 0 aliphatic heterocycles. The van der Waals surface area contributed by atoms with E-state index in [1.807, 2.05) is 31.2 Å². The molecule has 1 aromatic carbocycles. The summed E-state index contributed by atoms with van der Waals surface area (Å²) in [6.07, 6.45) is 1.68. The lowest BCUT2D eigenvalue weighted by molar-refractivity contribution is 1.29. The number of anilines is 2. The second-order valence-electron chi connectivity index (χ2n) is 3.94. The summed E-state index contributed by atoms with van der Waals surface area (Å²) in [4.78, 5) is 4.60. The Morgan fingerprint density at radius 3 is 2.78 bits per heavy atom. The van der Waals surface area contributed by atoms with E-state index in [0.717, 1.165) is 27.1 Å². The maximum Gasteiger partial charge on any atom is 0.130 e. The van der Waals surface area contributed by atoms with Gasteiger partial charge in [0, 0.05) is 21.9 Å². The van der Waals surface area contributed by atoms with Crippen LogP contribution >= 0.6 is 28.1 Å². The van der Waals surface area contributed by atoms with Crippen LogP contribution in [0.5, 0.6) is 0 Å². The smallest absolute Gasteiger partial charge is 0.130 e. The Morgan fingerprint density at radius 2 is 2.11 bits per heavy atom. The number of thiocarbonyl (C=S) groups is 1. The minimum Gasteiger partial charge on any atom is -0.389 e. The highest BCUT2D eigenvalue weighted by Gasteiger charge is 2.01. The van der Waals surface area contributed by atoms with Crippen molar-refractivity contribution in [2.75, 3.05) is 5.32 Å². The molecular weight excluding hydrogens is 310 g/mol. The largest absolute Gasteiger partial charge is 0.389 e. The molecule has 1 heterocycles. The van der Waals surface area contributed by atoms with Crippen molar-refractivity contribution in [2.24, 2.45) is 5.73 Å². The molecule has 0 saturated heterocycles. The molecule has 0 radical (unpaired) electrons. The number of rotatable bonds is 3. The minimum atomic E-state index is 0.367. The fourth-order valence-corrected chi connectivity index (χ4v) is 2.34. The summed E-state index contributed by atoms with van der Waals surface area (Å²) in [6.45, 7) is 2.04. The van der Waals surface area contributed by atoms with Gasteiger partial charge in [-0.05, 0) is 42.8 Å². The van der Waals surface area contributed by atoms with Crippen molar-refractivity contribution >= 4 is 44.6 Å². The van der Waals surface area contributed by atoms with Gasteiger partial charge in [0.05, 0.1) is 0 Å². The van der Waals surface area contributed by atoms with Crippen molar-refractivity contribution in [1.82, 2.24) is 4.98 Å². The number of nitrogens with one attached hydrogen (secondary N) is 1. The fourth-order valence-electron chi connectivity index (χ4n) is 1.61. The molecule has 0 saturated carbocycles. The number of hydrogen-bond acceptors (Lipinski definition) is 3. The van der Waals surface area contributed by atoms with Crippen LogP contribution in [0, 0.1) is 6.92 Å². The lowest BCUT2D eigenvalue weighted by Crippen LogP contribution is -2.09. The first-order valence-corrected chi connectivity index (χ1v) is 6.55. The van der Waals surface area contributed by atoms with E-state index in [1.165, 1.54) is 0 Å². The molecule has 0 aliphatic rings. The number of pyridine rings is 1. The molecule has 0 amide bonds. The van der Waals surface area contributed by atoms with Crippen LogP contribution in [0.1, 0.15) is 11.1 Å². The predicted molar refractivity (Wildman–Crippen MR) is 82.3 cm³/mol. The summed E-state index contributed by atoms with van der Waals surface area (Å²) in [5.41, 5.74) is 8.52. The number of halogens is 1. The zero-order valence-corrected chi connectivity index (χ0v) is 12.2. The molecule has 0 unspecified atom stereocenters. The standard InChI is InChI=1S/C13H12BrN3S/c1-8-4-10(14)7-11(5-8)17-12-6-9(13(15)18)2-3-16-12/h2-7H,1H3,(H2,15,18)(H,16,17). The molecular formula is C13H12BrN3S. The van der Waals surface area contributed by atoms with Crippen LogP contribution in [0.4, 0.5) is 11.5 Å². The zero-order chi connectivity index (χ0) is 13.1. The van der Waals surface area contributed by atoms with E-state index in [2.05, 4.69) is 26.2 Å². The molecule has 2 aromatic rings. The van der Waals surface area contributed by atoms with Gasteiger partial charge in [0.25, 0.3) is 0 Å². The Bertz CT molecular complexity index is 578. The van der Waals surface area contributed by atoms with E-state index in [1.54, 1.807) is 12.3 Å². The number of aromatic nitrogens is 1. The molecule has 18 heavy (non-hydrogen) atoms. The van der Waals surface area contributed by atoms with Gasteiger partial charge in [-0.3, -0.25) is 0 Å². The van der Waals surface area contributed by atoms with Gasteiger partial charge in [0.2, 0.25) is 0 Å². The Balaban J connectivity index is 2.28. The summed E-state index contributed by atoms with van der Waals surface area (Å²) in [6, 6.07) is 9.70. The first kappa shape index (κ1) is 13.0. The third kappa shape index (κ3) is 3.27. The van der Waals surface area contributed by atoms with Crippen LogP contribution in [0.25, 0.3) is 0 Å². The van der Waals surface area contributed by atoms with Gasteiger partial charge in [0.1, 0.15) is 10.8 Å². The van der Waals surface area contributed by atoms with Gasteiger partial charge in [-0.1, -0.05) is 28.1 Å². The van der Waals surface area contributed by atoms with E-state index in [0.29, 0.717) is 4.99 Å². The highest BCUT2D eigenvalue weighted by atomic mass is 79.9. The lowest BCUT2D eigenvalue weighted by atomic mass is 10.2. The molecule has 3 N–H and O–H groups in total. The molecule has 92 valence electrons. The van der Waals surface area contributed by atoms with Crippen molar-refractivity contribution in [1.29, 1.82) is 0 Å². The monoisotopic (exact) mass is 321 g/mol. The van der Waals surface area contributed by atoms with Crippen LogP contribution in [0.15, 0.2) is 41.0 Å². The topological polar surface area (TPSA) is 50.9 Å². The second-order valence-corrected chi connectivity index (χ2v) is 5.29. The quantitative estimate of drug-likeness (QED) is 0.849. The predicted octanol–water partition coefficient (Wildman–Crippen LogP) is 3.53. The molecule has 5 heteroatoms. The van der Waals surface area contributed by atoms with Gasteiger partial charge < -0.3 is 11.1 Å². The normalized spacial score (nSPS) is 10.1. The highest BCUT2D eigenvalue weighted by Crippen LogP contribution is 2.22. The number of aryl methyl sites for hydroxylation is 1. The summed E-state index contributed by atoms with van der Waals surface area (Å²) < 4.78 is 1.02. The molecule has 0 spiro atoms.